The van der Waals surface area contributed by atoms with Crippen molar-refractivity contribution in [3.05, 3.63) is 12.2 Å². The van der Waals surface area contributed by atoms with E-state index in [0.29, 0.717) is 5.57 Å². The van der Waals surface area contributed by atoms with Crippen molar-refractivity contribution in [2.45, 2.75) is 74.8 Å². The Balaban J connectivity index is 6.12. The first-order valence-corrected chi connectivity index (χ1v) is 6.97. The van der Waals surface area contributed by atoms with Crippen LogP contribution in [-0.4, -0.2) is 11.6 Å². The van der Waals surface area contributed by atoms with E-state index in [4.69, 9.17) is 4.74 Å². The molecule has 0 N–H and O–H groups in total. The van der Waals surface area contributed by atoms with Crippen LogP contribution in [0, 0.1) is 16.2 Å². The maximum atomic E-state index is 12.2. The first-order valence-electron chi connectivity index (χ1n) is 6.97. The summed E-state index contributed by atoms with van der Waals surface area (Å²) < 4.78 is 6.05. The van der Waals surface area contributed by atoms with E-state index in [1.807, 2.05) is 0 Å². The minimum absolute atomic E-state index is 0.186. The molecule has 0 spiro atoms. The molecule has 0 saturated carbocycles. The Morgan fingerprint density at radius 3 is 1.21 bits per heavy atom. The molecule has 0 fully saturated rings. The van der Waals surface area contributed by atoms with Crippen LogP contribution in [0.3, 0.4) is 0 Å². The molecule has 0 aliphatic carbocycles. The molecule has 0 aromatic carbocycles. The second-order valence-corrected chi connectivity index (χ2v) is 8.60. The largest absolute Gasteiger partial charge is 0.454 e. The molecule has 19 heavy (non-hydrogen) atoms. The van der Waals surface area contributed by atoms with E-state index in [2.05, 4.69) is 68.9 Å². The molecule has 0 heterocycles. The minimum atomic E-state index is -0.594. The fourth-order valence-corrected chi connectivity index (χ4v) is 4.06. The molecule has 0 atom stereocenters. The zero-order valence-corrected chi connectivity index (χ0v) is 14.5. The summed E-state index contributed by atoms with van der Waals surface area (Å²) in [5.74, 6) is -0.306. The van der Waals surface area contributed by atoms with E-state index in [9.17, 15) is 4.79 Å². The van der Waals surface area contributed by atoms with Gasteiger partial charge in [-0.2, -0.15) is 0 Å². The summed E-state index contributed by atoms with van der Waals surface area (Å²) in [5, 5.41) is 0. The lowest BCUT2D eigenvalue weighted by atomic mass is 9.52. The highest BCUT2D eigenvalue weighted by molar-refractivity contribution is 5.87. The fraction of sp³-hybridized carbons (Fsp3) is 0.824. The van der Waals surface area contributed by atoms with Gasteiger partial charge in [0.25, 0.3) is 0 Å². The average molecular weight is 268 g/mol. The van der Waals surface area contributed by atoms with Gasteiger partial charge in [0.15, 0.2) is 0 Å². The molecule has 0 radical (unpaired) electrons. The Labute approximate surface area is 119 Å². The Hall–Kier alpha value is -0.790. The quantitative estimate of drug-likeness (QED) is 0.521. The van der Waals surface area contributed by atoms with Crippen molar-refractivity contribution in [1.29, 1.82) is 0 Å². The van der Waals surface area contributed by atoms with Gasteiger partial charge in [0, 0.05) is 21.8 Å². The number of esters is 1. The average Bonchev–Trinajstić information content (AvgIpc) is 2.06. The van der Waals surface area contributed by atoms with Crippen LogP contribution in [0.5, 0.6) is 0 Å². The second-order valence-electron chi connectivity index (χ2n) is 8.60. The van der Waals surface area contributed by atoms with Crippen LogP contribution in [0.25, 0.3) is 0 Å². The van der Waals surface area contributed by atoms with Crippen molar-refractivity contribution in [2.75, 3.05) is 0 Å². The Morgan fingerprint density at radius 2 is 1.05 bits per heavy atom. The van der Waals surface area contributed by atoms with E-state index in [-0.39, 0.29) is 22.2 Å². The van der Waals surface area contributed by atoms with Gasteiger partial charge in [-0.1, -0.05) is 68.9 Å². The van der Waals surface area contributed by atoms with Crippen LogP contribution >= 0.6 is 0 Å². The Bertz CT molecular complexity index is 320. The molecule has 0 aliphatic rings. The summed E-state index contributed by atoms with van der Waals surface area (Å²) in [6.07, 6.45) is 0. The van der Waals surface area contributed by atoms with Gasteiger partial charge in [0.1, 0.15) is 5.60 Å². The third-order valence-corrected chi connectivity index (χ3v) is 3.76. The topological polar surface area (TPSA) is 26.3 Å². The molecule has 0 amide bonds. The smallest absolute Gasteiger partial charge is 0.333 e. The van der Waals surface area contributed by atoms with Crippen LogP contribution in [-0.2, 0) is 9.53 Å². The van der Waals surface area contributed by atoms with E-state index < -0.39 is 5.60 Å². The molecular weight excluding hydrogens is 236 g/mol. The summed E-state index contributed by atoms with van der Waals surface area (Å²) >= 11 is 0. The number of hydrogen-bond acceptors (Lipinski definition) is 2. The highest BCUT2D eigenvalue weighted by Crippen LogP contribution is 2.56. The molecule has 0 aromatic heterocycles. The third kappa shape index (κ3) is 3.21. The first kappa shape index (κ1) is 18.2. The highest BCUT2D eigenvalue weighted by atomic mass is 16.6. The molecular formula is C17H32O2. The lowest BCUT2D eigenvalue weighted by molar-refractivity contribution is -0.230. The summed E-state index contributed by atoms with van der Waals surface area (Å²) in [6.45, 7) is 24.6. The first-order chi connectivity index (χ1) is 8.08. The van der Waals surface area contributed by atoms with Crippen molar-refractivity contribution in [2.24, 2.45) is 16.2 Å². The zero-order valence-electron chi connectivity index (χ0n) is 14.5. The monoisotopic (exact) mass is 268 g/mol. The molecule has 2 heteroatoms. The predicted octanol–water partition coefficient (Wildman–Crippen LogP) is 4.98. The summed E-state index contributed by atoms with van der Waals surface area (Å²) in [4.78, 5) is 12.2. The van der Waals surface area contributed by atoms with Crippen molar-refractivity contribution in [1.82, 2.24) is 0 Å². The summed E-state index contributed by atoms with van der Waals surface area (Å²) in [5.41, 5.74) is -0.706. The summed E-state index contributed by atoms with van der Waals surface area (Å²) in [7, 11) is 0. The second kappa shape index (κ2) is 4.96. The van der Waals surface area contributed by atoms with Crippen LogP contribution in [0.4, 0.5) is 0 Å². The summed E-state index contributed by atoms with van der Waals surface area (Å²) in [6, 6.07) is 0. The lowest BCUT2D eigenvalue weighted by Crippen LogP contribution is -2.63. The highest BCUT2D eigenvalue weighted by Gasteiger charge is 2.60. The van der Waals surface area contributed by atoms with Gasteiger partial charge in [0.2, 0.25) is 0 Å². The standard InChI is InChI=1S/C17H32O2/c1-12(2)13(18)19-17(14(3,4)5,15(6,7)8)16(9,10)11/h1H2,2-11H3. The van der Waals surface area contributed by atoms with E-state index >= 15 is 0 Å². The van der Waals surface area contributed by atoms with Gasteiger partial charge in [0.05, 0.1) is 0 Å². The van der Waals surface area contributed by atoms with Gasteiger partial charge in [-0.3, -0.25) is 0 Å². The molecule has 0 aliphatic heterocycles. The molecule has 112 valence electrons. The number of hydrogen-bond donors (Lipinski definition) is 0. The van der Waals surface area contributed by atoms with Crippen LogP contribution < -0.4 is 0 Å². The van der Waals surface area contributed by atoms with Gasteiger partial charge < -0.3 is 4.74 Å². The van der Waals surface area contributed by atoms with Crippen LogP contribution in [0.1, 0.15) is 69.2 Å². The number of rotatable bonds is 2. The zero-order chi connectivity index (χ0) is 15.9. The number of ether oxygens (including phenoxy) is 1. The van der Waals surface area contributed by atoms with Gasteiger partial charge in [-0.25, -0.2) is 4.79 Å². The van der Waals surface area contributed by atoms with Gasteiger partial charge in [-0.05, 0) is 6.92 Å². The fourth-order valence-electron chi connectivity index (χ4n) is 4.06. The molecule has 0 rings (SSSR count). The lowest BCUT2D eigenvalue weighted by Gasteiger charge is -2.59. The van der Waals surface area contributed by atoms with E-state index in [1.165, 1.54) is 0 Å². The van der Waals surface area contributed by atoms with Crippen molar-refractivity contribution < 1.29 is 9.53 Å². The third-order valence-electron chi connectivity index (χ3n) is 3.76. The Morgan fingerprint density at radius 1 is 0.789 bits per heavy atom. The van der Waals surface area contributed by atoms with Crippen LogP contribution in [0.15, 0.2) is 12.2 Å². The predicted molar refractivity (Wildman–Crippen MR) is 82.0 cm³/mol. The minimum Gasteiger partial charge on any atom is -0.454 e. The maximum absolute atomic E-state index is 12.2. The SMILES string of the molecule is C=C(C)C(=O)OC(C(C)(C)C)(C(C)(C)C)C(C)(C)C. The molecule has 2 nitrogen and oxygen atoms in total. The van der Waals surface area contributed by atoms with Crippen molar-refractivity contribution >= 4 is 5.97 Å². The maximum Gasteiger partial charge on any atom is 0.333 e. The molecule has 0 unspecified atom stereocenters. The van der Waals surface area contributed by atoms with Crippen molar-refractivity contribution in [3.8, 4) is 0 Å². The van der Waals surface area contributed by atoms with E-state index in [0.717, 1.165) is 0 Å². The molecule has 0 aromatic rings. The Kier molecular flexibility index (Phi) is 4.75. The van der Waals surface area contributed by atoms with Gasteiger partial charge >= 0.3 is 5.97 Å². The van der Waals surface area contributed by atoms with Gasteiger partial charge in [-0.15, -0.1) is 0 Å². The normalized spacial score (nSPS) is 14.2. The van der Waals surface area contributed by atoms with Crippen molar-refractivity contribution in [3.63, 3.8) is 0 Å². The number of carbonyl (C=O) groups excluding carboxylic acids is 1. The molecule has 0 bridgehead atoms. The van der Waals surface area contributed by atoms with Crippen LogP contribution in [0.2, 0.25) is 0 Å². The number of carbonyl (C=O) groups is 1. The van der Waals surface area contributed by atoms with E-state index in [1.54, 1.807) is 6.92 Å². The molecule has 0 saturated heterocycles.